The summed E-state index contributed by atoms with van der Waals surface area (Å²) in [5, 5.41) is 3.59. The molecule has 4 nitrogen and oxygen atoms in total. The van der Waals surface area contributed by atoms with Gasteiger partial charge in [0.2, 0.25) is 0 Å². The van der Waals surface area contributed by atoms with Gasteiger partial charge in [-0.1, -0.05) is 0 Å². The molecule has 4 heteroatoms. The van der Waals surface area contributed by atoms with Gasteiger partial charge in [0.15, 0.2) is 0 Å². The minimum Gasteiger partial charge on any atom is -0.315 e. The zero-order chi connectivity index (χ0) is 12.6. The first-order valence-electron chi connectivity index (χ1n) is 7.68. The molecule has 0 spiro atoms. The summed E-state index contributed by atoms with van der Waals surface area (Å²) in [6, 6.07) is 0. The first-order chi connectivity index (χ1) is 8.84. The lowest BCUT2D eigenvalue weighted by Gasteiger charge is -2.32. The predicted molar refractivity (Wildman–Crippen MR) is 77.1 cm³/mol. The van der Waals surface area contributed by atoms with E-state index in [4.69, 9.17) is 0 Å². The van der Waals surface area contributed by atoms with Gasteiger partial charge in [-0.15, -0.1) is 0 Å². The smallest absolute Gasteiger partial charge is 0.0110 e. The third kappa shape index (κ3) is 5.22. The van der Waals surface area contributed by atoms with Gasteiger partial charge in [-0.05, 0) is 52.5 Å². The van der Waals surface area contributed by atoms with E-state index < -0.39 is 0 Å². The number of piperazine rings is 1. The summed E-state index contributed by atoms with van der Waals surface area (Å²) >= 11 is 0. The van der Waals surface area contributed by atoms with Gasteiger partial charge >= 0.3 is 0 Å². The summed E-state index contributed by atoms with van der Waals surface area (Å²) in [4.78, 5) is 7.59. The van der Waals surface area contributed by atoms with E-state index in [1.165, 1.54) is 78.2 Å². The number of nitrogens with one attached hydrogen (secondary N) is 1. The zero-order valence-corrected chi connectivity index (χ0v) is 12.0. The maximum Gasteiger partial charge on any atom is 0.0110 e. The molecule has 2 saturated heterocycles. The molecule has 0 aromatic carbocycles. The van der Waals surface area contributed by atoms with Crippen LogP contribution in [-0.4, -0.2) is 87.2 Å². The first kappa shape index (κ1) is 14.3. The monoisotopic (exact) mass is 254 g/mol. The molecule has 2 rings (SSSR count). The molecule has 106 valence electrons. The van der Waals surface area contributed by atoms with Crippen LogP contribution in [0.1, 0.15) is 19.3 Å². The van der Waals surface area contributed by atoms with Crippen LogP contribution in [0.15, 0.2) is 0 Å². The Kier molecular flexibility index (Phi) is 6.41. The van der Waals surface area contributed by atoms with Crippen molar-refractivity contribution in [2.24, 2.45) is 0 Å². The average molecular weight is 254 g/mol. The number of hydrogen-bond donors (Lipinski definition) is 1. The van der Waals surface area contributed by atoms with Crippen LogP contribution in [0, 0.1) is 0 Å². The van der Waals surface area contributed by atoms with Crippen LogP contribution in [0.2, 0.25) is 0 Å². The topological polar surface area (TPSA) is 21.8 Å². The lowest BCUT2D eigenvalue weighted by molar-refractivity contribution is 0.154. The highest BCUT2D eigenvalue weighted by molar-refractivity contribution is 4.70. The molecule has 2 fully saturated rings. The highest BCUT2D eigenvalue weighted by Gasteiger charge is 2.13. The number of nitrogens with zero attached hydrogens (tertiary/aromatic N) is 3. The highest BCUT2D eigenvalue weighted by atomic mass is 15.2. The van der Waals surface area contributed by atoms with Crippen LogP contribution in [0.3, 0.4) is 0 Å². The minimum absolute atomic E-state index is 1.16. The standard InChI is InChI=1S/C14H30N4/c1-16-11-13-18(14-12-16)10-6-15-5-4-9-17-7-2-3-8-17/h15H,2-14H2,1H3. The number of likely N-dealkylation sites (tertiary alicyclic amines) is 1. The van der Waals surface area contributed by atoms with Crippen molar-refractivity contribution in [3.05, 3.63) is 0 Å². The van der Waals surface area contributed by atoms with E-state index in [0.717, 1.165) is 6.54 Å². The fraction of sp³-hybridized carbons (Fsp3) is 1.00. The maximum atomic E-state index is 3.59. The summed E-state index contributed by atoms with van der Waals surface area (Å²) in [7, 11) is 2.22. The molecular weight excluding hydrogens is 224 g/mol. The molecule has 1 N–H and O–H groups in total. The third-order valence-electron chi connectivity index (χ3n) is 4.23. The van der Waals surface area contributed by atoms with Crippen LogP contribution in [0.5, 0.6) is 0 Å². The molecule has 0 radical (unpaired) electrons. The SMILES string of the molecule is CN1CCN(CCNCCCN2CCCC2)CC1. The molecule has 0 aromatic rings. The van der Waals surface area contributed by atoms with Crippen molar-refractivity contribution in [2.45, 2.75) is 19.3 Å². The van der Waals surface area contributed by atoms with Gasteiger partial charge in [0.1, 0.15) is 0 Å². The number of likely N-dealkylation sites (N-methyl/N-ethyl adjacent to an activating group) is 1. The average Bonchev–Trinajstić information content (AvgIpc) is 2.89. The van der Waals surface area contributed by atoms with E-state index >= 15 is 0 Å². The maximum absolute atomic E-state index is 3.59. The van der Waals surface area contributed by atoms with Gasteiger partial charge in [-0.2, -0.15) is 0 Å². The second kappa shape index (κ2) is 8.10. The van der Waals surface area contributed by atoms with E-state index in [1.54, 1.807) is 0 Å². The molecule has 0 amide bonds. The number of rotatable bonds is 7. The molecule has 0 saturated carbocycles. The van der Waals surface area contributed by atoms with E-state index in [1.807, 2.05) is 0 Å². The fourth-order valence-corrected chi connectivity index (χ4v) is 2.87. The van der Waals surface area contributed by atoms with Crippen molar-refractivity contribution in [1.82, 2.24) is 20.0 Å². The Morgan fingerprint density at radius 3 is 2.17 bits per heavy atom. The highest BCUT2D eigenvalue weighted by Crippen LogP contribution is 2.06. The van der Waals surface area contributed by atoms with Gasteiger partial charge in [-0.3, -0.25) is 4.90 Å². The lowest BCUT2D eigenvalue weighted by Crippen LogP contribution is -2.46. The van der Waals surface area contributed by atoms with Gasteiger partial charge in [0, 0.05) is 39.3 Å². The zero-order valence-electron chi connectivity index (χ0n) is 12.0. The van der Waals surface area contributed by atoms with E-state index in [0.29, 0.717) is 0 Å². The van der Waals surface area contributed by atoms with E-state index in [2.05, 4.69) is 27.1 Å². The van der Waals surface area contributed by atoms with Crippen molar-refractivity contribution in [2.75, 3.05) is 72.5 Å². The quantitative estimate of drug-likeness (QED) is 0.660. The van der Waals surface area contributed by atoms with Crippen LogP contribution in [-0.2, 0) is 0 Å². The fourth-order valence-electron chi connectivity index (χ4n) is 2.87. The molecular formula is C14H30N4. The lowest BCUT2D eigenvalue weighted by atomic mass is 10.3. The molecule has 0 aliphatic carbocycles. The van der Waals surface area contributed by atoms with E-state index in [-0.39, 0.29) is 0 Å². The van der Waals surface area contributed by atoms with Crippen molar-refractivity contribution in [3.63, 3.8) is 0 Å². The first-order valence-corrected chi connectivity index (χ1v) is 7.68. The van der Waals surface area contributed by atoms with Crippen LogP contribution >= 0.6 is 0 Å². The van der Waals surface area contributed by atoms with Crippen molar-refractivity contribution in [3.8, 4) is 0 Å². The third-order valence-corrected chi connectivity index (χ3v) is 4.23. The molecule has 2 heterocycles. The summed E-state index contributed by atoms with van der Waals surface area (Å²) < 4.78 is 0. The summed E-state index contributed by atoms with van der Waals surface area (Å²) in [6.45, 7) is 12.5. The summed E-state index contributed by atoms with van der Waals surface area (Å²) in [6.07, 6.45) is 4.14. The van der Waals surface area contributed by atoms with Gasteiger partial charge in [-0.25, -0.2) is 0 Å². The second-order valence-corrected chi connectivity index (χ2v) is 5.80. The summed E-state index contributed by atoms with van der Waals surface area (Å²) in [5.74, 6) is 0. The Morgan fingerprint density at radius 2 is 1.44 bits per heavy atom. The van der Waals surface area contributed by atoms with Gasteiger partial charge in [0.05, 0.1) is 0 Å². The second-order valence-electron chi connectivity index (χ2n) is 5.80. The Balaban J connectivity index is 1.39. The molecule has 0 bridgehead atoms. The van der Waals surface area contributed by atoms with E-state index in [9.17, 15) is 0 Å². The molecule has 0 aromatic heterocycles. The van der Waals surface area contributed by atoms with Crippen LogP contribution in [0.4, 0.5) is 0 Å². The Labute approximate surface area is 112 Å². The largest absolute Gasteiger partial charge is 0.315 e. The van der Waals surface area contributed by atoms with Crippen LogP contribution in [0.25, 0.3) is 0 Å². The number of hydrogen-bond acceptors (Lipinski definition) is 4. The van der Waals surface area contributed by atoms with Crippen molar-refractivity contribution >= 4 is 0 Å². The van der Waals surface area contributed by atoms with Gasteiger partial charge in [0.25, 0.3) is 0 Å². The Hall–Kier alpha value is -0.160. The van der Waals surface area contributed by atoms with Crippen LogP contribution < -0.4 is 5.32 Å². The predicted octanol–water partition coefficient (Wildman–Crippen LogP) is 0.309. The van der Waals surface area contributed by atoms with Crippen molar-refractivity contribution in [1.29, 1.82) is 0 Å². The molecule has 2 aliphatic heterocycles. The normalized spacial score (nSPS) is 23.8. The summed E-state index contributed by atoms with van der Waals surface area (Å²) in [5.41, 5.74) is 0. The van der Waals surface area contributed by atoms with Gasteiger partial charge < -0.3 is 15.1 Å². The molecule has 0 atom stereocenters. The Morgan fingerprint density at radius 1 is 0.778 bits per heavy atom. The molecule has 0 unspecified atom stereocenters. The molecule has 18 heavy (non-hydrogen) atoms. The minimum atomic E-state index is 1.16. The molecule has 2 aliphatic rings. The Bertz CT molecular complexity index is 208. The van der Waals surface area contributed by atoms with Crippen molar-refractivity contribution < 1.29 is 0 Å².